The van der Waals surface area contributed by atoms with Gasteiger partial charge in [0.05, 0.1) is 12.1 Å². The van der Waals surface area contributed by atoms with Gasteiger partial charge in [0.2, 0.25) is 0 Å². The van der Waals surface area contributed by atoms with E-state index >= 15 is 0 Å². The predicted molar refractivity (Wildman–Crippen MR) is 66.2 cm³/mol. The van der Waals surface area contributed by atoms with E-state index in [1.54, 1.807) is 7.11 Å². The number of fused-ring (bicyclic) bond motifs is 1. The largest absolute Gasteiger partial charge is 0.380 e. The quantitative estimate of drug-likeness (QED) is 0.855. The summed E-state index contributed by atoms with van der Waals surface area (Å²) in [5.74, 6) is 0. The first-order valence-electron chi connectivity index (χ1n) is 5.60. The molecule has 0 amide bonds. The molecule has 2 N–H and O–H groups in total. The molecule has 16 heavy (non-hydrogen) atoms. The smallest absolute Gasteiger partial charge is 0.0733 e. The van der Waals surface area contributed by atoms with Crippen molar-refractivity contribution in [3.05, 3.63) is 35.5 Å². The summed E-state index contributed by atoms with van der Waals surface area (Å²) in [6.07, 6.45) is 2.16. The number of aromatic nitrogens is 1. The summed E-state index contributed by atoms with van der Waals surface area (Å²) in [6.45, 7) is 4.33. The Morgan fingerprint density at radius 1 is 1.31 bits per heavy atom. The van der Waals surface area contributed by atoms with Crippen LogP contribution in [-0.2, 0) is 24.4 Å². The lowest BCUT2D eigenvalue weighted by molar-refractivity contribution is 0.186. The summed E-state index contributed by atoms with van der Waals surface area (Å²) in [6, 6.07) is 6.28. The Morgan fingerprint density at radius 2 is 2.12 bits per heavy atom. The average Bonchev–Trinajstić information content (AvgIpc) is 2.68. The van der Waals surface area contributed by atoms with E-state index in [2.05, 4.69) is 35.9 Å². The minimum absolute atomic E-state index is 0.577. The number of hydrogen-bond acceptors (Lipinski definition) is 2. The second-order valence-corrected chi connectivity index (χ2v) is 3.89. The van der Waals surface area contributed by atoms with Crippen molar-refractivity contribution in [3.63, 3.8) is 0 Å². The maximum absolute atomic E-state index is 5.78. The van der Waals surface area contributed by atoms with Gasteiger partial charge in [-0.1, -0.05) is 18.2 Å². The molecule has 0 saturated heterocycles. The molecule has 1 heterocycles. The van der Waals surface area contributed by atoms with Crippen molar-refractivity contribution in [2.45, 2.75) is 26.6 Å². The molecule has 86 valence electrons. The van der Waals surface area contributed by atoms with Crippen LogP contribution in [0.4, 0.5) is 0 Å². The van der Waals surface area contributed by atoms with Gasteiger partial charge in [0.25, 0.3) is 0 Å². The number of aryl methyl sites for hydroxylation is 1. The van der Waals surface area contributed by atoms with E-state index in [9.17, 15) is 0 Å². The van der Waals surface area contributed by atoms with Crippen LogP contribution in [0.1, 0.15) is 18.1 Å². The first-order chi connectivity index (χ1) is 7.81. The van der Waals surface area contributed by atoms with Gasteiger partial charge in [0, 0.05) is 37.3 Å². The molecule has 0 unspecified atom stereocenters. The van der Waals surface area contributed by atoms with Crippen LogP contribution in [0.5, 0.6) is 0 Å². The Labute approximate surface area is 95.8 Å². The first-order valence-corrected chi connectivity index (χ1v) is 5.60. The molecule has 0 fully saturated rings. The Balaban J connectivity index is 2.68. The third-order valence-electron chi connectivity index (χ3n) is 2.92. The van der Waals surface area contributed by atoms with Crippen LogP contribution < -0.4 is 5.73 Å². The van der Waals surface area contributed by atoms with Gasteiger partial charge in [-0.15, -0.1) is 0 Å². The van der Waals surface area contributed by atoms with Crippen LogP contribution in [0.15, 0.2) is 24.4 Å². The topological polar surface area (TPSA) is 40.2 Å². The van der Waals surface area contributed by atoms with Gasteiger partial charge in [-0.25, -0.2) is 0 Å². The molecule has 2 rings (SSSR count). The Morgan fingerprint density at radius 3 is 2.75 bits per heavy atom. The molecule has 3 nitrogen and oxygen atoms in total. The van der Waals surface area contributed by atoms with Crippen molar-refractivity contribution < 1.29 is 4.74 Å². The van der Waals surface area contributed by atoms with Crippen LogP contribution in [-0.4, -0.2) is 11.7 Å². The Hall–Kier alpha value is -1.32. The molecule has 3 heteroatoms. The molecule has 0 aliphatic heterocycles. The third-order valence-corrected chi connectivity index (χ3v) is 2.92. The zero-order valence-corrected chi connectivity index (χ0v) is 9.86. The number of hydrogen-bond donors (Lipinski definition) is 1. The number of para-hydroxylation sites is 1. The SMILES string of the molecule is CCn1cc(COC)c2cccc(CN)c21. The second-order valence-electron chi connectivity index (χ2n) is 3.89. The highest BCUT2D eigenvalue weighted by Crippen LogP contribution is 2.25. The highest BCUT2D eigenvalue weighted by molar-refractivity contribution is 5.86. The van der Waals surface area contributed by atoms with E-state index in [1.807, 2.05) is 0 Å². The van der Waals surface area contributed by atoms with Gasteiger partial charge < -0.3 is 15.0 Å². The summed E-state index contributed by atoms with van der Waals surface area (Å²) in [7, 11) is 1.72. The zero-order chi connectivity index (χ0) is 11.5. The van der Waals surface area contributed by atoms with Crippen molar-refractivity contribution in [2.75, 3.05) is 7.11 Å². The van der Waals surface area contributed by atoms with E-state index in [0.717, 1.165) is 6.54 Å². The van der Waals surface area contributed by atoms with Gasteiger partial charge in [-0.3, -0.25) is 0 Å². The van der Waals surface area contributed by atoms with E-state index in [0.29, 0.717) is 13.2 Å². The van der Waals surface area contributed by atoms with Gasteiger partial charge in [0.1, 0.15) is 0 Å². The van der Waals surface area contributed by atoms with Crippen LogP contribution in [0.2, 0.25) is 0 Å². The minimum atomic E-state index is 0.577. The maximum atomic E-state index is 5.78. The molecule has 1 aromatic heterocycles. The number of ether oxygens (including phenoxy) is 1. The van der Waals surface area contributed by atoms with Crippen molar-refractivity contribution in [1.82, 2.24) is 4.57 Å². The van der Waals surface area contributed by atoms with Gasteiger partial charge in [-0.05, 0) is 12.5 Å². The molecular weight excluding hydrogens is 200 g/mol. The molecule has 0 atom stereocenters. The molecule has 0 bridgehead atoms. The summed E-state index contributed by atoms with van der Waals surface area (Å²) >= 11 is 0. The van der Waals surface area contributed by atoms with Crippen LogP contribution in [0, 0.1) is 0 Å². The second kappa shape index (κ2) is 4.68. The number of methoxy groups -OCH3 is 1. The lowest BCUT2D eigenvalue weighted by atomic mass is 10.1. The molecule has 0 radical (unpaired) electrons. The monoisotopic (exact) mass is 218 g/mol. The highest BCUT2D eigenvalue weighted by atomic mass is 16.5. The summed E-state index contributed by atoms with van der Waals surface area (Å²) in [4.78, 5) is 0. The first kappa shape index (κ1) is 11.2. The number of benzene rings is 1. The normalized spacial score (nSPS) is 11.2. The summed E-state index contributed by atoms with van der Waals surface area (Å²) < 4.78 is 7.46. The fourth-order valence-corrected chi connectivity index (χ4v) is 2.20. The van der Waals surface area contributed by atoms with Gasteiger partial charge in [-0.2, -0.15) is 0 Å². The zero-order valence-electron chi connectivity index (χ0n) is 9.86. The predicted octanol–water partition coefficient (Wildman–Crippen LogP) is 2.27. The molecule has 1 aromatic carbocycles. The standard InChI is InChI=1S/C13H18N2O/c1-3-15-8-11(9-16-2)12-6-4-5-10(7-14)13(12)15/h4-6,8H,3,7,9,14H2,1-2H3. The van der Waals surface area contributed by atoms with Gasteiger partial charge in [0.15, 0.2) is 0 Å². The number of nitrogens with zero attached hydrogens (tertiary/aromatic N) is 1. The fourth-order valence-electron chi connectivity index (χ4n) is 2.20. The van der Waals surface area contributed by atoms with Crippen LogP contribution in [0.25, 0.3) is 10.9 Å². The molecule has 2 aromatic rings. The molecule has 0 aliphatic rings. The van der Waals surface area contributed by atoms with Gasteiger partial charge >= 0.3 is 0 Å². The van der Waals surface area contributed by atoms with E-state index < -0.39 is 0 Å². The van der Waals surface area contributed by atoms with Crippen molar-refractivity contribution in [1.29, 1.82) is 0 Å². The third kappa shape index (κ3) is 1.72. The maximum Gasteiger partial charge on any atom is 0.0733 e. The lowest BCUT2D eigenvalue weighted by Crippen LogP contribution is -2.00. The lowest BCUT2D eigenvalue weighted by Gasteiger charge is -2.05. The van der Waals surface area contributed by atoms with E-state index in [4.69, 9.17) is 10.5 Å². The molecular formula is C13H18N2O. The fraction of sp³-hybridized carbons (Fsp3) is 0.385. The van der Waals surface area contributed by atoms with Crippen LogP contribution in [0.3, 0.4) is 0 Å². The number of rotatable bonds is 4. The van der Waals surface area contributed by atoms with Crippen molar-refractivity contribution in [3.8, 4) is 0 Å². The minimum Gasteiger partial charge on any atom is -0.380 e. The van der Waals surface area contributed by atoms with E-state index in [-0.39, 0.29) is 0 Å². The average molecular weight is 218 g/mol. The van der Waals surface area contributed by atoms with Crippen LogP contribution >= 0.6 is 0 Å². The molecule has 0 spiro atoms. The van der Waals surface area contributed by atoms with Crippen molar-refractivity contribution >= 4 is 10.9 Å². The molecule has 0 aliphatic carbocycles. The van der Waals surface area contributed by atoms with Crippen molar-refractivity contribution in [2.24, 2.45) is 5.73 Å². The molecule has 0 saturated carbocycles. The highest BCUT2D eigenvalue weighted by Gasteiger charge is 2.10. The Bertz CT molecular complexity index is 488. The number of nitrogens with two attached hydrogens (primary N) is 1. The summed E-state index contributed by atoms with van der Waals surface area (Å²) in [5.41, 5.74) is 9.45. The summed E-state index contributed by atoms with van der Waals surface area (Å²) in [5, 5.41) is 1.26. The van der Waals surface area contributed by atoms with E-state index in [1.165, 1.54) is 22.0 Å². The Kier molecular flexibility index (Phi) is 3.27.